The Labute approximate surface area is 155 Å². The fraction of sp³-hybridized carbons (Fsp3) is 0.250. The molecule has 1 aromatic carbocycles. The van der Waals surface area contributed by atoms with E-state index >= 15 is 0 Å². The summed E-state index contributed by atoms with van der Waals surface area (Å²) in [6.07, 6.45) is 0. The molecule has 0 aliphatic rings. The Balaban J connectivity index is 3.63. The van der Waals surface area contributed by atoms with Crippen molar-refractivity contribution in [1.82, 2.24) is 0 Å². The van der Waals surface area contributed by atoms with Crippen LogP contribution in [0.1, 0.15) is 6.92 Å². The summed E-state index contributed by atoms with van der Waals surface area (Å²) in [7, 11) is -4.90. The average molecular weight is 387 g/mol. The molecule has 0 N–H and O–H groups in total. The Kier molecular flexibility index (Phi) is 7.75. The van der Waals surface area contributed by atoms with Crippen LogP contribution in [0.15, 0.2) is 12.1 Å². The predicted molar refractivity (Wildman–Crippen MR) is 89.3 cm³/mol. The van der Waals surface area contributed by atoms with Crippen LogP contribution in [0.3, 0.4) is 0 Å². The topological polar surface area (TPSA) is 141 Å². The van der Waals surface area contributed by atoms with Gasteiger partial charge in [-0.25, -0.2) is 28.6 Å². The molecule has 0 fully saturated rings. The lowest BCUT2D eigenvalue weighted by Crippen LogP contribution is -2.21. The first-order valence-electron chi connectivity index (χ1n) is 7.14. The largest absolute Gasteiger partial charge is 0.726 e. The predicted octanol–water partition coefficient (Wildman–Crippen LogP) is 0.0430. The Hall–Kier alpha value is -3.61. The van der Waals surface area contributed by atoms with E-state index in [-0.39, 0.29) is 39.9 Å². The molecule has 0 saturated heterocycles. The maximum Gasteiger partial charge on any atom is 0.272 e. The number of hydrogen-bond donors (Lipinski definition) is 0. The Morgan fingerprint density at radius 3 is 1.93 bits per heavy atom. The zero-order chi connectivity index (χ0) is 20.4. The molecule has 0 aliphatic heterocycles. The van der Waals surface area contributed by atoms with Crippen molar-refractivity contribution in [2.24, 2.45) is 0 Å². The number of nitrogens with zero attached hydrogens (tertiary/aromatic N) is 4. The summed E-state index contributed by atoms with van der Waals surface area (Å²) in [5, 5.41) is 18.3. The molecule has 0 saturated carbocycles. The number of hydrogen-bond acceptors (Lipinski definition) is 8. The van der Waals surface area contributed by atoms with E-state index < -0.39 is 23.6 Å². The maximum atomic E-state index is 10.4. The molecule has 0 bridgehead atoms. The lowest BCUT2D eigenvalue weighted by atomic mass is 10.1. The number of benzene rings is 1. The molecule has 0 heterocycles. The van der Waals surface area contributed by atoms with E-state index in [4.69, 9.17) is 33.1 Å². The molecule has 11 heteroatoms. The normalized spacial score (nSPS) is 12.5. The summed E-state index contributed by atoms with van der Waals surface area (Å²) in [6.45, 7) is 15.0. The number of nitriles is 2. The second-order valence-corrected chi connectivity index (χ2v) is 5.55. The van der Waals surface area contributed by atoms with Gasteiger partial charge in [0, 0.05) is 10.4 Å². The summed E-state index contributed by atoms with van der Waals surface area (Å²) in [5.74, 6) is 0.0199. The van der Waals surface area contributed by atoms with Gasteiger partial charge in [0.2, 0.25) is 10.4 Å². The van der Waals surface area contributed by atoms with Gasteiger partial charge in [0.05, 0.1) is 38.5 Å². The smallest absolute Gasteiger partial charge is 0.272 e. The fourth-order valence-corrected chi connectivity index (χ4v) is 2.18. The molecule has 0 amide bonds. The van der Waals surface area contributed by atoms with Crippen molar-refractivity contribution in [2.75, 3.05) is 19.8 Å². The highest BCUT2D eigenvalue weighted by Crippen LogP contribution is 2.12. The summed E-state index contributed by atoms with van der Waals surface area (Å²) in [5.41, 5.74) is -0.661. The van der Waals surface area contributed by atoms with Crippen LogP contribution < -0.4 is 19.9 Å². The molecule has 138 valence electrons. The Bertz CT molecular complexity index is 1080. The average Bonchev–Trinajstić information content (AvgIpc) is 2.62. The van der Waals surface area contributed by atoms with Gasteiger partial charge in [-0.05, 0) is 19.1 Å². The summed E-state index contributed by atoms with van der Waals surface area (Å²) < 4.78 is 46.0. The minimum absolute atomic E-state index is 0.0203. The standard InChI is InChI=1S/C16H12N4O6S/c1-4-24-15-7-12(14(10-18)20-3)16(8-11(15)13(9-17)19-2)25-5-6-26-27(21,22)23/h7-8H,4-6H2,1H3,(H,21,22,23)/p-1/b13-11-,14-12+. The van der Waals surface area contributed by atoms with Crippen LogP contribution in [0.25, 0.3) is 21.1 Å². The molecule has 1 aromatic rings. The first-order chi connectivity index (χ1) is 12.8. The molecular weight excluding hydrogens is 376 g/mol. The van der Waals surface area contributed by atoms with Crippen LogP contribution in [0.4, 0.5) is 0 Å². The number of rotatable bonds is 7. The molecule has 1 rings (SSSR count). The molecule has 0 spiro atoms. The van der Waals surface area contributed by atoms with E-state index in [0.717, 1.165) is 0 Å². The Morgan fingerprint density at radius 1 is 1.07 bits per heavy atom. The van der Waals surface area contributed by atoms with Gasteiger partial charge in [0.15, 0.2) is 0 Å². The zero-order valence-corrected chi connectivity index (χ0v) is 14.7. The quantitative estimate of drug-likeness (QED) is 0.276. The van der Waals surface area contributed by atoms with Crippen molar-refractivity contribution in [3.63, 3.8) is 0 Å². The maximum absolute atomic E-state index is 10.4. The van der Waals surface area contributed by atoms with Crippen LogP contribution >= 0.6 is 0 Å². The summed E-state index contributed by atoms with van der Waals surface area (Å²) in [6, 6.07) is 5.90. The van der Waals surface area contributed by atoms with E-state index in [1.807, 2.05) is 0 Å². The highest BCUT2D eigenvalue weighted by atomic mass is 32.3. The molecule has 10 nitrogen and oxygen atoms in total. The van der Waals surface area contributed by atoms with Crippen molar-refractivity contribution < 1.29 is 26.6 Å². The van der Waals surface area contributed by atoms with Gasteiger partial charge >= 0.3 is 0 Å². The first-order valence-corrected chi connectivity index (χ1v) is 8.48. The van der Waals surface area contributed by atoms with Gasteiger partial charge in [0.1, 0.15) is 18.1 Å². The van der Waals surface area contributed by atoms with Crippen LogP contribution in [-0.4, -0.2) is 32.8 Å². The molecule has 0 aromatic heterocycles. The second-order valence-electron chi connectivity index (χ2n) is 4.50. The van der Waals surface area contributed by atoms with Gasteiger partial charge < -0.3 is 14.0 Å². The Morgan fingerprint density at radius 2 is 1.56 bits per heavy atom. The monoisotopic (exact) mass is 387 g/mol. The fourth-order valence-electron chi connectivity index (χ4n) is 1.90. The van der Waals surface area contributed by atoms with Gasteiger partial charge in [-0.3, -0.25) is 4.18 Å². The van der Waals surface area contributed by atoms with Gasteiger partial charge in [0.25, 0.3) is 11.4 Å². The molecule has 0 unspecified atom stereocenters. The second kappa shape index (κ2) is 9.76. The van der Waals surface area contributed by atoms with Crippen LogP contribution in [0.5, 0.6) is 11.5 Å². The molecule has 0 radical (unpaired) electrons. The lowest BCUT2D eigenvalue weighted by Gasteiger charge is -2.12. The third kappa shape index (κ3) is 6.00. The number of ether oxygens (including phenoxy) is 2. The van der Waals surface area contributed by atoms with Crippen LogP contribution in [0, 0.1) is 35.8 Å². The molecular formula is C16H11N4O6S-. The first kappa shape index (κ1) is 21.4. The summed E-state index contributed by atoms with van der Waals surface area (Å²) in [4.78, 5) is 6.18. The SMILES string of the molecule is [C-]#[N+]/C(C#N)=c1/cc(OCCOS(=O)(=O)[O-])/c(=C(\C#N)[N+]#[C-])cc1OCC. The van der Waals surface area contributed by atoms with Gasteiger partial charge in [-0.2, -0.15) is 0 Å². The van der Waals surface area contributed by atoms with Gasteiger partial charge in [-0.1, -0.05) is 0 Å². The van der Waals surface area contributed by atoms with Crippen LogP contribution in [-0.2, 0) is 14.6 Å². The van der Waals surface area contributed by atoms with Crippen molar-refractivity contribution in [3.05, 3.63) is 45.4 Å². The van der Waals surface area contributed by atoms with Crippen molar-refractivity contribution in [1.29, 1.82) is 10.5 Å². The third-order valence-corrected chi connectivity index (χ3v) is 3.35. The molecule has 0 atom stereocenters. The minimum atomic E-state index is -4.90. The van der Waals surface area contributed by atoms with E-state index in [1.165, 1.54) is 12.1 Å². The summed E-state index contributed by atoms with van der Waals surface area (Å²) >= 11 is 0. The van der Waals surface area contributed by atoms with E-state index in [0.29, 0.717) is 0 Å². The van der Waals surface area contributed by atoms with Crippen molar-refractivity contribution in [3.8, 4) is 23.6 Å². The minimum Gasteiger partial charge on any atom is -0.726 e. The third-order valence-electron chi connectivity index (χ3n) is 2.90. The molecule has 27 heavy (non-hydrogen) atoms. The highest BCUT2D eigenvalue weighted by Gasteiger charge is 2.11. The highest BCUT2D eigenvalue weighted by molar-refractivity contribution is 7.80. The van der Waals surface area contributed by atoms with Crippen molar-refractivity contribution in [2.45, 2.75) is 6.92 Å². The van der Waals surface area contributed by atoms with Crippen molar-refractivity contribution >= 4 is 21.8 Å². The van der Waals surface area contributed by atoms with E-state index in [2.05, 4.69) is 13.9 Å². The van der Waals surface area contributed by atoms with Gasteiger partial charge in [-0.15, -0.1) is 0 Å². The lowest BCUT2D eigenvalue weighted by molar-refractivity contribution is 0.198. The zero-order valence-electron chi connectivity index (χ0n) is 13.9. The van der Waals surface area contributed by atoms with E-state index in [1.54, 1.807) is 19.1 Å². The molecule has 0 aliphatic carbocycles. The van der Waals surface area contributed by atoms with E-state index in [9.17, 15) is 13.0 Å². The van der Waals surface area contributed by atoms with Crippen LogP contribution in [0.2, 0.25) is 0 Å².